The maximum atomic E-state index is 12.2. The average molecular weight is 404 g/mol. The zero-order chi connectivity index (χ0) is 19.9. The van der Waals surface area contributed by atoms with Gasteiger partial charge in [0.15, 0.2) is 0 Å². The predicted molar refractivity (Wildman–Crippen MR) is 104 cm³/mol. The molecule has 0 aliphatic carbocycles. The number of carbonyl (C=O) groups is 1. The third-order valence-corrected chi connectivity index (χ3v) is 4.61. The van der Waals surface area contributed by atoms with Crippen molar-refractivity contribution in [1.82, 2.24) is 4.98 Å². The topological polar surface area (TPSA) is 60.5 Å². The van der Waals surface area contributed by atoms with Crippen LogP contribution < -0.4 is 14.8 Å². The first-order chi connectivity index (χ1) is 13.5. The normalized spacial score (nSPS) is 10.7. The number of anilines is 1. The second-order valence-electron chi connectivity index (χ2n) is 5.73. The number of rotatable bonds is 8. The van der Waals surface area contributed by atoms with Crippen molar-refractivity contribution < 1.29 is 23.0 Å². The SMILES string of the molecule is CCOc1ccc(-c2nc(CC(=O)Nc3ccc(OC(F)F)cc3)cs2)cc1. The standard InChI is InChI=1S/C20H18F2N2O3S/c1-2-26-16-7-3-13(4-8-16)19-24-15(12-28-19)11-18(25)23-14-5-9-17(10-6-14)27-20(21)22/h3-10,12,20H,2,11H2,1H3,(H,23,25). The van der Waals surface area contributed by atoms with Crippen molar-refractivity contribution in [2.75, 3.05) is 11.9 Å². The number of benzene rings is 2. The van der Waals surface area contributed by atoms with Crippen molar-refractivity contribution in [3.8, 4) is 22.1 Å². The van der Waals surface area contributed by atoms with Gasteiger partial charge in [0, 0.05) is 16.6 Å². The fourth-order valence-electron chi connectivity index (χ4n) is 2.47. The summed E-state index contributed by atoms with van der Waals surface area (Å²) in [5.41, 5.74) is 2.10. The second-order valence-corrected chi connectivity index (χ2v) is 6.59. The lowest BCUT2D eigenvalue weighted by Crippen LogP contribution is -2.14. The van der Waals surface area contributed by atoms with E-state index in [1.54, 1.807) is 0 Å². The molecule has 0 saturated carbocycles. The third kappa shape index (κ3) is 5.50. The van der Waals surface area contributed by atoms with E-state index in [0.717, 1.165) is 16.3 Å². The molecular formula is C20H18F2N2O3S. The number of hydrogen-bond donors (Lipinski definition) is 1. The molecule has 0 aliphatic heterocycles. The van der Waals surface area contributed by atoms with Crippen LogP contribution in [0.4, 0.5) is 14.5 Å². The Balaban J connectivity index is 1.57. The first kappa shape index (κ1) is 19.8. The summed E-state index contributed by atoms with van der Waals surface area (Å²) in [4.78, 5) is 16.7. The summed E-state index contributed by atoms with van der Waals surface area (Å²) >= 11 is 1.46. The first-order valence-electron chi connectivity index (χ1n) is 8.56. The maximum Gasteiger partial charge on any atom is 0.387 e. The lowest BCUT2D eigenvalue weighted by molar-refractivity contribution is -0.115. The Bertz CT molecular complexity index is 912. The zero-order valence-electron chi connectivity index (χ0n) is 15.0. The molecule has 0 aliphatic rings. The van der Waals surface area contributed by atoms with E-state index in [1.807, 2.05) is 36.6 Å². The summed E-state index contributed by atoms with van der Waals surface area (Å²) in [5.74, 6) is 0.589. The summed E-state index contributed by atoms with van der Waals surface area (Å²) < 4.78 is 34.0. The molecule has 28 heavy (non-hydrogen) atoms. The molecule has 0 saturated heterocycles. The third-order valence-electron chi connectivity index (χ3n) is 3.67. The van der Waals surface area contributed by atoms with Crippen LogP contribution in [0.3, 0.4) is 0 Å². The molecule has 1 N–H and O–H groups in total. The van der Waals surface area contributed by atoms with Gasteiger partial charge in [-0.3, -0.25) is 4.79 Å². The van der Waals surface area contributed by atoms with E-state index in [4.69, 9.17) is 4.74 Å². The quantitative estimate of drug-likeness (QED) is 0.575. The van der Waals surface area contributed by atoms with Crippen molar-refractivity contribution >= 4 is 22.9 Å². The van der Waals surface area contributed by atoms with Crippen molar-refractivity contribution in [2.24, 2.45) is 0 Å². The molecule has 3 rings (SSSR count). The lowest BCUT2D eigenvalue weighted by atomic mass is 10.2. The highest BCUT2D eigenvalue weighted by Crippen LogP contribution is 2.26. The number of hydrogen-bond acceptors (Lipinski definition) is 5. The minimum Gasteiger partial charge on any atom is -0.494 e. The Kier molecular flexibility index (Phi) is 6.54. The van der Waals surface area contributed by atoms with Gasteiger partial charge in [0.25, 0.3) is 0 Å². The van der Waals surface area contributed by atoms with E-state index in [9.17, 15) is 13.6 Å². The van der Waals surface area contributed by atoms with Crippen molar-refractivity contribution in [3.05, 3.63) is 59.6 Å². The largest absolute Gasteiger partial charge is 0.494 e. The Morgan fingerprint density at radius 3 is 2.43 bits per heavy atom. The molecule has 1 heterocycles. The van der Waals surface area contributed by atoms with Crippen LogP contribution in [0.15, 0.2) is 53.9 Å². The second kappa shape index (κ2) is 9.27. The van der Waals surface area contributed by atoms with Crippen LogP contribution in [-0.4, -0.2) is 24.1 Å². The summed E-state index contributed by atoms with van der Waals surface area (Å²) in [7, 11) is 0. The van der Waals surface area contributed by atoms with Gasteiger partial charge in [-0.2, -0.15) is 8.78 Å². The van der Waals surface area contributed by atoms with Crippen LogP contribution in [0.25, 0.3) is 10.6 Å². The molecule has 146 valence electrons. The molecule has 3 aromatic rings. The molecule has 2 aromatic carbocycles. The van der Waals surface area contributed by atoms with Crippen LogP contribution in [0, 0.1) is 0 Å². The predicted octanol–water partition coefficient (Wildman–Crippen LogP) is 4.99. The number of aromatic nitrogens is 1. The molecule has 8 heteroatoms. The van der Waals surface area contributed by atoms with Crippen LogP contribution in [-0.2, 0) is 11.2 Å². The lowest BCUT2D eigenvalue weighted by Gasteiger charge is -2.07. The molecule has 0 bridgehead atoms. The highest BCUT2D eigenvalue weighted by molar-refractivity contribution is 7.13. The zero-order valence-corrected chi connectivity index (χ0v) is 15.8. The monoisotopic (exact) mass is 404 g/mol. The molecule has 0 spiro atoms. The highest BCUT2D eigenvalue weighted by atomic mass is 32.1. The molecular weight excluding hydrogens is 386 g/mol. The minimum absolute atomic E-state index is 0.0347. The molecule has 1 aromatic heterocycles. The highest BCUT2D eigenvalue weighted by Gasteiger charge is 2.10. The Hall–Kier alpha value is -3.00. The summed E-state index contributed by atoms with van der Waals surface area (Å²) in [6, 6.07) is 13.4. The fraction of sp³-hybridized carbons (Fsp3) is 0.200. The van der Waals surface area contributed by atoms with Gasteiger partial charge in [-0.1, -0.05) is 0 Å². The summed E-state index contributed by atoms with van der Waals surface area (Å²) in [5, 5.41) is 5.36. The molecule has 0 radical (unpaired) electrons. The van der Waals surface area contributed by atoms with Gasteiger partial charge in [0.05, 0.1) is 18.7 Å². The number of ether oxygens (including phenoxy) is 2. The van der Waals surface area contributed by atoms with Crippen LogP contribution in [0.1, 0.15) is 12.6 Å². The Labute approximate surface area is 164 Å². The van der Waals surface area contributed by atoms with Gasteiger partial charge in [-0.15, -0.1) is 11.3 Å². The molecule has 1 amide bonds. The minimum atomic E-state index is -2.88. The van der Waals surface area contributed by atoms with Crippen LogP contribution >= 0.6 is 11.3 Å². The smallest absolute Gasteiger partial charge is 0.387 e. The molecule has 5 nitrogen and oxygen atoms in total. The Morgan fingerprint density at radius 1 is 1.11 bits per heavy atom. The first-order valence-corrected chi connectivity index (χ1v) is 9.44. The van der Waals surface area contributed by atoms with E-state index in [0.29, 0.717) is 18.0 Å². The van der Waals surface area contributed by atoms with Gasteiger partial charge in [-0.25, -0.2) is 4.98 Å². The fourth-order valence-corrected chi connectivity index (χ4v) is 3.30. The maximum absolute atomic E-state index is 12.2. The number of thiazole rings is 1. The van der Waals surface area contributed by atoms with Gasteiger partial charge >= 0.3 is 6.61 Å². The van der Waals surface area contributed by atoms with E-state index in [2.05, 4.69) is 15.0 Å². The van der Waals surface area contributed by atoms with Gasteiger partial charge < -0.3 is 14.8 Å². The van der Waals surface area contributed by atoms with Crippen molar-refractivity contribution in [3.63, 3.8) is 0 Å². The van der Waals surface area contributed by atoms with Gasteiger partial charge in [-0.05, 0) is 55.5 Å². The van der Waals surface area contributed by atoms with Crippen molar-refractivity contribution in [2.45, 2.75) is 20.0 Å². The molecule has 0 atom stereocenters. The van der Waals surface area contributed by atoms with Crippen molar-refractivity contribution in [1.29, 1.82) is 0 Å². The summed E-state index contributed by atoms with van der Waals surface area (Å²) in [6.07, 6.45) is 0.114. The number of nitrogens with one attached hydrogen (secondary N) is 1. The van der Waals surface area contributed by atoms with E-state index in [-0.39, 0.29) is 18.1 Å². The Morgan fingerprint density at radius 2 is 1.79 bits per heavy atom. The van der Waals surface area contributed by atoms with Gasteiger partial charge in [0.1, 0.15) is 16.5 Å². The van der Waals surface area contributed by atoms with Crippen LogP contribution in [0.2, 0.25) is 0 Å². The van der Waals surface area contributed by atoms with Gasteiger partial charge in [0.2, 0.25) is 5.91 Å². The average Bonchev–Trinajstić information content (AvgIpc) is 3.12. The number of halogens is 2. The van der Waals surface area contributed by atoms with Crippen LogP contribution in [0.5, 0.6) is 11.5 Å². The van der Waals surface area contributed by atoms with E-state index in [1.165, 1.54) is 35.6 Å². The molecule has 0 fully saturated rings. The molecule has 0 unspecified atom stereocenters. The number of alkyl halides is 2. The number of nitrogens with zero attached hydrogens (tertiary/aromatic N) is 1. The number of amides is 1. The van der Waals surface area contributed by atoms with E-state index < -0.39 is 6.61 Å². The number of carbonyl (C=O) groups excluding carboxylic acids is 1. The summed E-state index contributed by atoms with van der Waals surface area (Å²) in [6.45, 7) is -0.343. The van der Waals surface area contributed by atoms with E-state index >= 15 is 0 Å².